The van der Waals surface area contributed by atoms with Gasteiger partial charge in [-0.3, -0.25) is 4.68 Å². The third kappa shape index (κ3) is 2.41. The van der Waals surface area contributed by atoms with E-state index in [9.17, 15) is 0 Å². The summed E-state index contributed by atoms with van der Waals surface area (Å²) in [4.78, 5) is 0. The lowest BCUT2D eigenvalue weighted by Gasteiger charge is -1.96. The lowest BCUT2D eigenvalue weighted by atomic mass is 10.2. The van der Waals surface area contributed by atoms with Crippen LogP contribution in [0.3, 0.4) is 0 Å². The molecule has 0 aliphatic carbocycles. The number of aryl methyl sites for hydroxylation is 2. The number of alkyl halides is 1. The minimum atomic E-state index is 0.562. The van der Waals surface area contributed by atoms with Gasteiger partial charge in [0.2, 0.25) is 0 Å². The Bertz CT molecular complexity index is 715. The van der Waals surface area contributed by atoms with Crippen molar-refractivity contribution in [1.82, 2.24) is 24.8 Å². The van der Waals surface area contributed by atoms with Crippen molar-refractivity contribution in [3.63, 3.8) is 0 Å². The van der Waals surface area contributed by atoms with Gasteiger partial charge in [0.1, 0.15) is 0 Å². The summed E-state index contributed by atoms with van der Waals surface area (Å²) < 4.78 is 3.83. The number of nitrogens with zero attached hydrogens (tertiary/aromatic N) is 5. The average molecular weight is 290 g/mol. The molecule has 3 aromatic rings. The van der Waals surface area contributed by atoms with Crippen LogP contribution in [-0.4, -0.2) is 30.7 Å². The summed E-state index contributed by atoms with van der Waals surface area (Å²) in [5.41, 5.74) is 3.09. The Morgan fingerprint density at radius 3 is 2.90 bits per heavy atom. The smallest absolute Gasteiger partial charge is 0.0918 e. The molecule has 0 saturated heterocycles. The average Bonchev–Trinajstić information content (AvgIpc) is 3.05. The molecule has 5 nitrogen and oxygen atoms in total. The molecule has 2 heterocycles. The predicted molar refractivity (Wildman–Crippen MR) is 79.0 cm³/mol. The third-order valence-corrected chi connectivity index (χ3v) is 3.47. The van der Waals surface area contributed by atoms with E-state index in [4.69, 9.17) is 11.6 Å². The number of hydrogen-bond acceptors (Lipinski definition) is 3. The molecule has 0 unspecified atom stereocenters. The number of benzene rings is 1. The van der Waals surface area contributed by atoms with Crippen LogP contribution in [0.15, 0.2) is 30.5 Å². The molecular formula is C14H16ClN5. The highest BCUT2D eigenvalue weighted by Gasteiger charge is 2.10. The van der Waals surface area contributed by atoms with Gasteiger partial charge in [0, 0.05) is 30.4 Å². The van der Waals surface area contributed by atoms with Crippen molar-refractivity contribution in [3.8, 4) is 0 Å². The van der Waals surface area contributed by atoms with Crippen LogP contribution in [0.2, 0.25) is 0 Å². The molecule has 104 valence electrons. The second kappa shape index (κ2) is 5.63. The highest BCUT2D eigenvalue weighted by Crippen LogP contribution is 2.19. The van der Waals surface area contributed by atoms with Gasteiger partial charge in [-0.1, -0.05) is 23.4 Å². The molecule has 0 atom stereocenters. The second-order valence-electron chi connectivity index (χ2n) is 4.63. The van der Waals surface area contributed by atoms with E-state index in [1.165, 1.54) is 5.39 Å². The predicted octanol–water partition coefficient (Wildman–Crippen LogP) is 2.48. The van der Waals surface area contributed by atoms with Crippen LogP contribution >= 0.6 is 11.6 Å². The van der Waals surface area contributed by atoms with E-state index >= 15 is 0 Å². The zero-order valence-corrected chi connectivity index (χ0v) is 12.1. The van der Waals surface area contributed by atoms with Crippen LogP contribution in [0, 0.1) is 0 Å². The van der Waals surface area contributed by atoms with E-state index in [0.29, 0.717) is 12.4 Å². The Balaban J connectivity index is 1.93. The molecule has 0 spiro atoms. The van der Waals surface area contributed by atoms with Gasteiger partial charge in [-0.15, -0.1) is 16.7 Å². The molecule has 0 aliphatic heterocycles. The molecule has 0 N–H and O–H groups in total. The maximum Gasteiger partial charge on any atom is 0.0918 e. The van der Waals surface area contributed by atoms with Gasteiger partial charge in [0.05, 0.1) is 23.4 Å². The monoisotopic (exact) mass is 289 g/mol. The Labute approximate surface area is 122 Å². The number of aromatic nitrogens is 5. The van der Waals surface area contributed by atoms with E-state index < -0.39 is 0 Å². The summed E-state index contributed by atoms with van der Waals surface area (Å²) >= 11 is 5.71. The van der Waals surface area contributed by atoms with E-state index in [-0.39, 0.29) is 0 Å². The first-order valence-electron chi connectivity index (χ1n) is 6.71. The first-order chi connectivity index (χ1) is 9.81. The van der Waals surface area contributed by atoms with Crippen LogP contribution in [-0.2, 0) is 19.5 Å². The fraction of sp³-hybridized carbons (Fsp3) is 0.357. The summed E-state index contributed by atoms with van der Waals surface area (Å²) in [7, 11) is 0. The molecule has 0 saturated carbocycles. The van der Waals surface area contributed by atoms with E-state index in [1.807, 2.05) is 27.7 Å². The standard InChI is InChI=1S/C14H16ClN5/c1-2-20-14-6-4-3-5-12(14)13(17-20)10-19-9-11(7-8-15)16-18-19/h3-6,9H,2,7-8,10H2,1H3. The van der Waals surface area contributed by atoms with Crippen molar-refractivity contribution in [2.75, 3.05) is 5.88 Å². The molecule has 0 bridgehead atoms. The van der Waals surface area contributed by atoms with Gasteiger partial charge in [-0.2, -0.15) is 5.10 Å². The van der Waals surface area contributed by atoms with E-state index in [0.717, 1.165) is 29.9 Å². The van der Waals surface area contributed by atoms with Gasteiger partial charge in [-0.25, -0.2) is 4.68 Å². The van der Waals surface area contributed by atoms with Crippen molar-refractivity contribution in [3.05, 3.63) is 41.9 Å². The van der Waals surface area contributed by atoms with Crippen molar-refractivity contribution in [2.45, 2.75) is 26.4 Å². The molecule has 2 aromatic heterocycles. The van der Waals surface area contributed by atoms with Gasteiger partial charge in [0.25, 0.3) is 0 Å². The zero-order valence-electron chi connectivity index (χ0n) is 11.3. The highest BCUT2D eigenvalue weighted by molar-refractivity contribution is 6.17. The Hall–Kier alpha value is -1.88. The van der Waals surface area contributed by atoms with Gasteiger partial charge in [-0.05, 0) is 13.0 Å². The molecule has 6 heteroatoms. The Morgan fingerprint density at radius 1 is 1.25 bits per heavy atom. The Morgan fingerprint density at radius 2 is 2.10 bits per heavy atom. The number of para-hydroxylation sites is 1. The van der Waals surface area contributed by atoms with Crippen molar-refractivity contribution < 1.29 is 0 Å². The first kappa shape index (κ1) is 13.1. The lowest BCUT2D eigenvalue weighted by molar-refractivity contribution is 0.611. The molecule has 0 fully saturated rings. The summed E-state index contributed by atoms with van der Waals surface area (Å²) in [6, 6.07) is 8.26. The number of fused-ring (bicyclic) bond motifs is 1. The third-order valence-electron chi connectivity index (χ3n) is 3.28. The number of rotatable bonds is 5. The molecule has 0 amide bonds. The van der Waals surface area contributed by atoms with Gasteiger partial charge >= 0.3 is 0 Å². The minimum absolute atomic E-state index is 0.562. The minimum Gasteiger partial charge on any atom is -0.265 e. The quantitative estimate of drug-likeness (QED) is 0.678. The lowest BCUT2D eigenvalue weighted by Crippen LogP contribution is -2.03. The van der Waals surface area contributed by atoms with Crippen molar-refractivity contribution in [2.24, 2.45) is 0 Å². The topological polar surface area (TPSA) is 48.5 Å². The summed E-state index contributed by atoms with van der Waals surface area (Å²) in [6.07, 6.45) is 2.67. The first-order valence-corrected chi connectivity index (χ1v) is 7.24. The molecule has 0 aliphatic rings. The normalized spacial score (nSPS) is 11.3. The molecule has 0 radical (unpaired) electrons. The molecule has 20 heavy (non-hydrogen) atoms. The maximum absolute atomic E-state index is 5.71. The Kier molecular flexibility index (Phi) is 3.69. The van der Waals surface area contributed by atoms with Crippen molar-refractivity contribution in [1.29, 1.82) is 0 Å². The summed E-state index contributed by atoms with van der Waals surface area (Å²) in [5.74, 6) is 0.562. The van der Waals surface area contributed by atoms with Crippen LogP contribution in [0.5, 0.6) is 0 Å². The zero-order chi connectivity index (χ0) is 13.9. The van der Waals surface area contributed by atoms with Crippen LogP contribution < -0.4 is 0 Å². The molecule has 1 aromatic carbocycles. The summed E-state index contributed by atoms with van der Waals surface area (Å²) in [5, 5.41) is 14.1. The molecule has 3 rings (SSSR count). The largest absolute Gasteiger partial charge is 0.265 e. The molecular weight excluding hydrogens is 274 g/mol. The fourth-order valence-electron chi connectivity index (χ4n) is 2.33. The van der Waals surface area contributed by atoms with Crippen LogP contribution in [0.4, 0.5) is 0 Å². The second-order valence-corrected chi connectivity index (χ2v) is 5.00. The summed E-state index contributed by atoms with van der Waals surface area (Å²) in [6.45, 7) is 3.58. The fourth-order valence-corrected chi connectivity index (χ4v) is 2.53. The van der Waals surface area contributed by atoms with E-state index in [1.54, 1.807) is 0 Å². The highest BCUT2D eigenvalue weighted by atomic mass is 35.5. The van der Waals surface area contributed by atoms with Gasteiger partial charge in [0.15, 0.2) is 0 Å². The van der Waals surface area contributed by atoms with Crippen LogP contribution in [0.1, 0.15) is 18.3 Å². The van der Waals surface area contributed by atoms with Gasteiger partial charge < -0.3 is 0 Å². The number of halogens is 1. The van der Waals surface area contributed by atoms with Crippen molar-refractivity contribution >= 4 is 22.5 Å². The maximum atomic E-state index is 5.71. The SMILES string of the molecule is CCn1nc(Cn2cc(CCCl)nn2)c2ccccc21. The van der Waals surface area contributed by atoms with E-state index in [2.05, 4.69) is 34.5 Å². The number of hydrogen-bond donors (Lipinski definition) is 0. The van der Waals surface area contributed by atoms with Crippen LogP contribution in [0.25, 0.3) is 10.9 Å².